The Bertz CT molecular complexity index is 802. The molecule has 3 nitrogen and oxygen atoms in total. The summed E-state index contributed by atoms with van der Waals surface area (Å²) in [4.78, 5) is 0. The summed E-state index contributed by atoms with van der Waals surface area (Å²) in [6.07, 6.45) is 0. The summed E-state index contributed by atoms with van der Waals surface area (Å²) in [5, 5.41) is 5.66. The van der Waals surface area contributed by atoms with Gasteiger partial charge in [-0.15, -0.1) is 0 Å². The number of hydrogen-bond acceptors (Lipinski definition) is 3. The van der Waals surface area contributed by atoms with Crippen molar-refractivity contribution in [1.29, 1.82) is 0 Å². The standard InChI is InChI=1S/C17H17BrO3Si/c1-19-22(20-2,21-12-18)17-9-5-8-15-10-13-6-3-4-7-14(13)11-16(15)17/h3-11H,12H2,1-2H3. The van der Waals surface area contributed by atoms with Crippen molar-refractivity contribution in [2.45, 2.75) is 0 Å². The first-order valence-electron chi connectivity index (χ1n) is 6.96. The lowest BCUT2D eigenvalue weighted by Gasteiger charge is -2.26. The van der Waals surface area contributed by atoms with Crippen LogP contribution in [0.25, 0.3) is 21.5 Å². The molecule has 114 valence electrons. The molecule has 0 spiro atoms. The molecule has 0 amide bonds. The Balaban J connectivity index is 2.31. The normalized spacial score (nSPS) is 12.1. The van der Waals surface area contributed by atoms with E-state index in [-0.39, 0.29) is 0 Å². The van der Waals surface area contributed by atoms with E-state index in [0.29, 0.717) is 5.52 Å². The van der Waals surface area contributed by atoms with Crippen LogP contribution in [0.1, 0.15) is 0 Å². The summed E-state index contributed by atoms with van der Waals surface area (Å²) in [5.41, 5.74) is 0.366. The summed E-state index contributed by atoms with van der Waals surface area (Å²) < 4.78 is 17.2. The number of hydrogen-bond donors (Lipinski definition) is 0. The van der Waals surface area contributed by atoms with Gasteiger partial charge in [-0.3, -0.25) is 0 Å². The molecule has 3 aromatic carbocycles. The average molecular weight is 377 g/mol. The molecule has 0 aliphatic rings. The van der Waals surface area contributed by atoms with Gasteiger partial charge in [0.15, 0.2) is 0 Å². The van der Waals surface area contributed by atoms with Gasteiger partial charge in [0.05, 0.1) is 5.52 Å². The molecule has 0 heterocycles. The molecule has 0 aliphatic heterocycles. The van der Waals surface area contributed by atoms with Gasteiger partial charge < -0.3 is 13.3 Å². The van der Waals surface area contributed by atoms with Crippen LogP contribution in [0.2, 0.25) is 0 Å². The van der Waals surface area contributed by atoms with Crippen molar-refractivity contribution in [1.82, 2.24) is 0 Å². The summed E-state index contributed by atoms with van der Waals surface area (Å²) in [6, 6.07) is 18.8. The molecule has 3 aromatic rings. The maximum atomic E-state index is 5.85. The molecule has 0 atom stereocenters. The number of rotatable bonds is 5. The second-order valence-electron chi connectivity index (χ2n) is 4.94. The molecule has 0 saturated carbocycles. The highest BCUT2D eigenvalue weighted by molar-refractivity contribution is 9.09. The van der Waals surface area contributed by atoms with Crippen LogP contribution >= 0.6 is 15.9 Å². The third-order valence-electron chi connectivity index (χ3n) is 3.86. The number of halogens is 1. The average Bonchev–Trinajstić information content (AvgIpc) is 2.57. The third-order valence-corrected chi connectivity index (χ3v) is 7.21. The van der Waals surface area contributed by atoms with Crippen LogP contribution in [0.3, 0.4) is 0 Å². The molecule has 0 N–H and O–H groups in total. The van der Waals surface area contributed by atoms with Crippen LogP contribution in [0.5, 0.6) is 0 Å². The summed E-state index contributed by atoms with van der Waals surface area (Å²) in [6.45, 7) is 0. The third kappa shape index (κ3) is 2.59. The fourth-order valence-electron chi connectivity index (χ4n) is 2.80. The first kappa shape index (κ1) is 15.6. The van der Waals surface area contributed by atoms with E-state index < -0.39 is 8.80 Å². The first-order valence-corrected chi connectivity index (χ1v) is 9.81. The van der Waals surface area contributed by atoms with E-state index >= 15 is 0 Å². The lowest BCUT2D eigenvalue weighted by Crippen LogP contribution is -2.55. The van der Waals surface area contributed by atoms with Gasteiger partial charge in [0.25, 0.3) is 0 Å². The summed E-state index contributed by atoms with van der Waals surface area (Å²) in [7, 11) is 0.356. The number of benzene rings is 3. The van der Waals surface area contributed by atoms with Crippen molar-refractivity contribution in [3.63, 3.8) is 0 Å². The Labute approximate surface area is 139 Å². The molecule has 3 rings (SSSR count). The smallest absolute Gasteiger partial charge is 0.373 e. The van der Waals surface area contributed by atoms with E-state index in [9.17, 15) is 0 Å². The van der Waals surface area contributed by atoms with Gasteiger partial charge in [-0.1, -0.05) is 58.4 Å². The quantitative estimate of drug-likeness (QED) is 0.385. The molecule has 5 heteroatoms. The predicted molar refractivity (Wildman–Crippen MR) is 95.7 cm³/mol. The first-order chi connectivity index (χ1) is 10.7. The lowest BCUT2D eigenvalue weighted by atomic mass is 10.0. The minimum atomic E-state index is -2.92. The Morgan fingerprint density at radius 3 is 2.14 bits per heavy atom. The van der Waals surface area contributed by atoms with Crippen molar-refractivity contribution < 1.29 is 13.3 Å². The van der Waals surface area contributed by atoms with E-state index in [4.69, 9.17) is 13.3 Å². The van der Waals surface area contributed by atoms with Crippen molar-refractivity contribution >= 4 is 51.5 Å². The van der Waals surface area contributed by atoms with Gasteiger partial charge in [-0.05, 0) is 33.7 Å². The van der Waals surface area contributed by atoms with Crippen LogP contribution < -0.4 is 5.19 Å². The van der Waals surface area contributed by atoms with Gasteiger partial charge in [0.1, 0.15) is 0 Å². The molecule has 0 unspecified atom stereocenters. The maximum Gasteiger partial charge on any atom is 0.537 e. The van der Waals surface area contributed by atoms with Crippen LogP contribution in [-0.2, 0) is 13.3 Å². The topological polar surface area (TPSA) is 27.7 Å². The largest absolute Gasteiger partial charge is 0.537 e. The lowest BCUT2D eigenvalue weighted by molar-refractivity contribution is 0.136. The highest BCUT2D eigenvalue weighted by Crippen LogP contribution is 2.24. The zero-order valence-electron chi connectivity index (χ0n) is 12.5. The molecule has 0 aromatic heterocycles. The Kier molecular flexibility index (Phi) is 4.61. The van der Waals surface area contributed by atoms with Crippen LogP contribution in [-0.4, -0.2) is 28.5 Å². The van der Waals surface area contributed by atoms with Crippen molar-refractivity contribution in [3.05, 3.63) is 54.6 Å². The highest BCUT2D eigenvalue weighted by Gasteiger charge is 2.43. The molecular formula is C17H17BrO3Si. The molecule has 0 radical (unpaired) electrons. The van der Waals surface area contributed by atoms with Gasteiger partial charge in [0, 0.05) is 19.4 Å². The second kappa shape index (κ2) is 6.48. The van der Waals surface area contributed by atoms with E-state index in [0.717, 1.165) is 16.0 Å². The van der Waals surface area contributed by atoms with Crippen molar-refractivity contribution in [2.75, 3.05) is 19.7 Å². The maximum absolute atomic E-state index is 5.85. The molecule has 0 saturated heterocycles. The fraction of sp³-hybridized carbons (Fsp3) is 0.176. The minimum absolute atomic E-state index is 0.366. The van der Waals surface area contributed by atoms with Gasteiger partial charge in [-0.25, -0.2) is 0 Å². The monoisotopic (exact) mass is 376 g/mol. The highest BCUT2D eigenvalue weighted by atomic mass is 79.9. The molecule has 0 aliphatic carbocycles. The second-order valence-corrected chi connectivity index (χ2v) is 8.16. The Hall–Kier alpha value is -1.24. The Morgan fingerprint density at radius 2 is 1.50 bits per heavy atom. The molecular weight excluding hydrogens is 360 g/mol. The van der Waals surface area contributed by atoms with Crippen LogP contribution in [0.15, 0.2) is 54.6 Å². The van der Waals surface area contributed by atoms with Crippen molar-refractivity contribution in [2.24, 2.45) is 0 Å². The summed E-state index contributed by atoms with van der Waals surface area (Å²) in [5.74, 6) is 0. The Morgan fingerprint density at radius 1 is 0.864 bits per heavy atom. The van der Waals surface area contributed by atoms with E-state index in [1.54, 1.807) is 14.2 Å². The SMILES string of the molecule is CO[Si](OC)(OCBr)c1cccc2cc3ccccc3cc12. The van der Waals surface area contributed by atoms with Crippen LogP contribution in [0, 0.1) is 0 Å². The number of alkyl halides is 1. The van der Waals surface area contributed by atoms with Gasteiger partial charge in [0.2, 0.25) is 0 Å². The van der Waals surface area contributed by atoms with E-state index in [1.807, 2.05) is 18.2 Å². The number of fused-ring (bicyclic) bond motifs is 2. The molecule has 22 heavy (non-hydrogen) atoms. The minimum Gasteiger partial charge on any atom is -0.373 e. The van der Waals surface area contributed by atoms with E-state index in [1.165, 1.54) is 10.8 Å². The van der Waals surface area contributed by atoms with Crippen LogP contribution in [0.4, 0.5) is 0 Å². The van der Waals surface area contributed by atoms with Gasteiger partial charge >= 0.3 is 8.80 Å². The fourth-order valence-corrected chi connectivity index (χ4v) is 5.70. The van der Waals surface area contributed by atoms with Crippen molar-refractivity contribution in [3.8, 4) is 0 Å². The molecule has 0 bridgehead atoms. The predicted octanol–water partition coefficient (Wildman–Crippen LogP) is 3.80. The van der Waals surface area contributed by atoms with Gasteiger partial charge in [-0.2, -0.15) is 0 Å². The molecule has 0 fully saturated rings. The zero-order valence-corrected chi connectivity index (χ0v) is 15.1. The van der Waals surface area contributed by atoms with E-state index in [2.05, 4.69) is 52.3 Å². The zero-order chi connectivity index (χ0) is 15.6. The summed E-state index contributed by atoms with van der Waals surface area (Å²) >= 11 is 3.32.